The third-order valence-electron chi connectivity index (χ3n) is 4.08. The van der Waals surface area contributed by atoms with Crippen LogP contribution in [-0.4, -0.2) is 56.3 Å². The second kappa shape index (κ2) is 5.31. The van der Waals surface area contributed by atoms with Crippen LogP contribution in [0.25, 0.3) is 0 Å². The Balaban J connectivity index is 1.60. The summed E-state index contributed by atoms with van der Waals surface area (Å²) >= 11 is 0. The number of ether oxygens (including phenoxy) is 1. The first kappa shape index (κ1) is 13.8. The maximum Gasteiger partial charge on any atom is 0.211 e. The van der Waals surface area contributed by atoms with Gasteiger partial charge in [0.1, 0.15) is 5.82 Å². The summed E-state index contributed by atoms with van der Waals surface area (Å²) in [6.07, 6.45) is 3.05. The lowest BCUT2D eigenvalue weighted by Gasteiger charge is -2.18. The summed E-state index contributed by atoms with van der Waals surface area (Å²) in [5, 5.41) is 3.29. The van der Waals surface area contributed by atoms with Crippen molar-refractivity contribution in [3.8, 4) is 0 Å². The first-order chi connectivity index (χ1) is 9.54. The second-order valence-electron chi connectivity index (χ2n) is 5.47. The third-order valence-corrected chi connectivity index (χ3v) is 5.32. The number of fused-ring (bicyclic) bond motifs is 1. The molecular weight excluding hydrogens is 278 g/mol. The van der Waals surface area contributed by atoms with Gasteiger partial charge in [-0.15, -0.1) is 0 Å². The Morgan fingerprint density at radius 2 is 2.30 bits per heavy atom. The van der Waals surface area contributed by atoms with Gasteiger partial charge in [0.25, 0.3) is 0 Å². The molecule has 1 aromatic heterocycles. The van der Waals surface area contributed by atoms with Crippen molar-refractivity contribution in [3.63, 3.8) is 0 Å². The van der Waals surface area contributed by atoms with Crippen molar-refractivity contribution in [1.82, 2.24) is 9.29 Å². The number of nitrogens with zero attached hydrogens (tertiary/aromatic N) is 2. The molecule has 7 heteroatoms. The topological polar surface area (TPSA) is 71.5 Å². The Labute approximate surface area is 119 Å². The molecule has 0 unspecified atom stereocenters. The molecule has 3 heterocycles. The van der Waals surface area contributed by atoms with Crippen LogP contribution in [0.4, 0.5) is 5.82 Å². The number of nitrogens with one attached hydrogen (secondary N) is 1. The van der Waals surface area contributed by atoms with Gasteiger partial charge in [-0.1, -0.05) is 6.07 Å². The van der Waals surface area contributed by atoms with Crippen molar-refractivity contribution in [2.45, 2.75) is 6.10 Å². The molecule has 2 saturated heterocycles. The van der Waals surface area contributed by atoms with Crippen molar-refractivity contribution in [1.29, 1.82) is 0 Å². The van der Waals surface area contributed by atoms with Crippen LogP contribution in [0.1, 0.15) is 0 Å². The summed E-state index contributed by atoms with van der Waals surface area (Å²) in [6.45, 7) is 2.50. The molecule has 0 saturated carbocycles. The van der Waals surface area contributed by atoms with E-state index in [1.54, 1.807) is 6.20 Å². The Kier molecular flexibility index (Phi) is 3.66. The summed E-state index contributed by atoms with van der Waals surface area (Å²) in [6, 6.07) is 5.73. The molecular formula is C13H19N3O3S. The molecule has 110 valence electrons. The Morgan fingerprint density at radius 1 is 1.45 bits per heavy atom. The van der Waals surface area contributed by atoms with Gasteiger partial charge in [0.15, 0.2) is 0 Å². The van der Waals surface area contributed by atoms with Crippen molar-refractivity contribution in [2.75, 3.05) is 37.8 Å². The number of aromatic nitrogens is 1. The fourth-order valence-corrected chi connectivity index (χ4v) is 3.81. The quantitative estimate of drug-likeness (QED) is 0.871. The molecule has 1 aromatic rings. The standard InChI is InChI=1S/C13H19N3O3S/c1-20(17,18)16-7-11-10(9-19-12(11)8-16)6-15-13-4-2-3-5-14-13/h2-5,10-12H,6-9H2,1H3,(H,14,15)/t10-,11+,12+/m1/s1. The zero-order valence-electron chi connectivity index (χ0n) is 11.4. The third kappa shape index (κ3) is 2.79. The number of pyridine rings is 1. The number of sulfonamides is 1. The largest absolute Gasteiger partial charge is 0.376 e. The Morgan fingerprint density at radius 3 is 3.00 bits per heavy atom. The average Bonchev–Trinajstić information content (AvgIpc) is 2.97. The molecule has 2 fully saturated rings. The van der Waals surface area contributed by atoms with Gasteiger partial charge in [0.05, 0.1) is 19.0 Å². The predicted molar refractivity (Wildman–Crippen MR) is 75.9 cm³/mol. The SMILES string of the molecule is CS(=O)(=O)N1C[C@H]2[C@H](CNc3ccccn3)CO[C@H]2C1. The van der Waals surface area contributed by atoms with Crippen molar-refractivity contribution in [3.05, 3.63) is 24.4 Å². The van der Waals surface area contributed by atoms with Crippen molar-refractivity contribution < 1.29 is 13.2 Å². The highest BCUT2D eigenvalue weighted by molar-refractivity contribution is 7.88. The Hall–Kier alpha value is -1.18. The second-order valence-corrected chi connectivity index (χ2v) is 7.45. The van der Waals surface area contributed by atoms with Gasteiger partial charge in [-0.2, -0.15) is 4.31 Å². The van der Waals surface area contributed by atoms with E-state index in [-0.39, 0.29) is 12.0 Å². The molecule has 2 aliphatic rings. The van der Waals surface area contributed by atoms with Crippen LogP contribution in [-0.2, 0) is 14.8 Å². The lowest BCUT2D eigenvalue weighted by molar-refractivity contribution is 0.104. The van der Waals surface area contributed by atoms with E-state index < -0.39 is 10.0 Å². The first-order valence-corrected chi connectivity index (χ1v) is 8.60. The molecule has 1 N–H and O–H groups in total. The molecule has 20 heavy (non-hydrogen) atoms. The van der Waals surface area contributed by atoms with E-state index >= 15 is 0 Å². The molecule has 0 aromatic carbocycles. The molecule has 0 aliphatic carbocycles. The molecule has 0 bridgehead atoms. The van der Waals surface area contributed by atoms with Crippen LogP contribution in [0.2, 0.25) is 0 Å². The minimum Gasteiger partial charge on any atom is -0.376 e. The van der Waals surface area contributed by atoms with Gasteiger partial charge in [-0.25, -0.2) is 13.4 Å². The first-order valence-electron chi connectivity index (χ1n) is 6.75. The average molecular weight is 297 g/mol. The van der Waals surface area contributed by atoms with Gasteiger partial charge < -0.3 is 10.1 Å². The number of hydrogen-bond donors (Lipinski definition) is 1. The van der Waals surface area contributed by atoms with Gasteiger partial charge in [0, 0.05) is 37.7 Å². The van der Waals surface area contributed by atoms with Gasteiger partial charge in [0.2, 0.25) is 10.0 Å². The normalized spacial score (nSPS) is 30.4. The van der Waals surface area contributed by atoms with E-state index in [0.717, 1.165) is 12.4 Å². The van der Waals surface area contributed by atoms with Gasteiger partial charge in [-0.3, -0.25) is 0 Å². The summed E-state index contributed by atoms with van der Waals surface area (Å²) < 4.78 is 30.5. The van der Waals surface area contributed by atoms with Crippen LogP contribution >= 0.6 is 0 Å². The summed E-state index contributed by atoms with van der Waals surface area (Å²) in [4.78, 5) is 4.22. The van der Waals surface area contributed by atoms with Crippen LogP contribution < -0.4 is 5.32 Å². The van der Waals surface area contributed by atoms with Crippen molar-refractivity contribution >= 4 is 15.8 Å². The van der Waals surface area contributed by atoms with Crippen LogP contribution in [0.5, 0.6) is 0 Å². The molecule has 6 nitrogen and oxygen atoms in total. The summed E-state index contributed by atoms with van der Waals surface area (Å²) in [7, 11) is -3.11. The Bertz CT molecular complexity index is 563. The van der Waals surface area contributed by atoms with E-state index in [4.69, 9.17) is 4.74 Å². The molecule has 0 spiro atoms. The van der Waals surface area contributed by atoms with Gasteiger partial charge in [-0.05, 0) is 12.1 Å². The minimum atomic E-state index is -3.11. The monoisotopic (exact) mass is 297 g/mol. The molecule has 2 aliphatic heterocycles. The van der Waals surface area contributed by atoms with E-state index in [0.29, 0.717) is 25.6 Å². The maximum atomic E-state index is 11.6. The van der Waals surface area contributed by atoms with Gasteiger partial charge >= 0.3 is 0 Å². The highest BCUT2D eigenvalue weighted by Crippen LogP contribution is 2.34. The van der Waals surface area contributed by atoms with E-state index in [1.807, 2.05) is 18.2 Å². The lowest BCUT2D eigenvalue weighted by Crippen LogP contribution is -2.31. The zero-order chi connectivity index (χ0) is 14.2. The summed E-state index contributed by atoms with van der Waals surface area (Å²) in [5.74, 6) is 1.45. The highest BCUT2D eigenvalue weighted by atomic mass is 32.2. The number of hydrogen-bond acceptors (Lipinski definition) is 5. The molecule has 3 rings (SSSR count). The lowest BCUT2D eigenvalue weighted by atomic mass is 9.93. The highest BCUT2D eigenvalue weighted by Gasteiger charge is 2.46. The van der Waals surface area contributed by atoms with E-state index in [1.165, 1.54) is 10.6 Å². The van der Waals surface area contributed by atoms with E-state index in [9.17, 15) is 8.42 Å². The van der Waals surface area contributed by atoms with Crippen LogP contribution in [0.3, 0.4) is 0 Å². The smallest absolute Gasteiger partial charge is 0.211 e. The molecule has 3 atom stereocenters. The summed E-state index contributed by atoms with van der Waals surface area (Å²) in [5.41, 5.74) is 0. The maximum absolute atomic E-state index is 11.6. The fourth-order valence-electron chi connectivity index (χ4n) is 2.95. The molecule has 0 amide bonds. The molecule has 0 radical (unpaired) electrons. The zero-order valence-corrected chi connectivity index (χ0v) is 12.2. The number of anilines is 1. The van der Waals surface area contributed by atoms with E-state index in [2.05, 4.69) is 10.3 Å². The predicted octanol–water partition coefficient (Wildman–Crippen LogP) is 0.400. The minimum absolute atomic E-state index is 0.0419. The van der Waals surface area contributed by atoms with Crippen LogP contribution in [0.15, 0.2) is 24.4 Å². The van der Waals surface area contributed by atoms with Crippen LogP contribution in [0, 0.1) is 11.8 Å². The van der Waals surface area contributed by atoms with Crippen molar-refractivity contribution in [2.24, 2.45) is 11.8 Å². The number of rotatable bonds is 4. The fraction of sp³-hybridized carbons (Fsp3) is 0.615.